The molecule has 112 valence electrons. The molecule has 0 saturated carbocycles. The molecule has 1 fully saturated rings. The molecule has 0 atom stereocenters. The maximum Gasteiger partial charge on any atom is 0.387 e. The lowest BCUT2D eigenvalue weighted by atomic mass is 10.2. The second kappa shape index (κ2) is 6.53. The summed E-state index contributed by atoms with van der Waals surface area (Å²) < 4.78 is 29.7. The van der Waals surface area contributed by atoms with E-state index in [0.29, 0.717) is 14.8 Å². The predicted molar refractivity (Wildman–Crippen MR) is 83.2 cm³/mol. The number of hydrogen-bond acceptors (Lipinski definition) is 4. The number of nitrogens with zero attached hydrogens (tertiary/aromatic N) is 1. The Labute approximate surface area is 131 Å². The van der Waals surface area contributed by atoms with Gasteiger partial charge in [-0.3, -0.25) is 9.69 Å². The molecule has 1 heterocycles. The van der Waals surface area contributed by atoms with Crippen LogP contribution in [0, 0.1) is 0 Å². The number of amides is 1. The van der Waals surface area contributed by atoms with Crippen molar-refractivity contribution in [2.45, 2.75) is 26.5 Å². The number of thioether (sulfide) groups is 1. The van der Waals surface area contributed by atoms with Crippen LogP contribution in [0.2, 0.25) is 0 Å². The maximum absolute atomic E-state index is 12.4. The highest BCUT2D eigenvalue weighted by atomic mass is 32.2. The smallest absolute Gasteiger partial charge is 0.387 e. The number of para-hydroxylation sites is 1. The SMILES string of the molecule is CC(C)N1C(=O)C(=Cc2ccccc2OC(F)F)SC1=S. The van der Waals surface area contributed by atoms with Gasteiger partial charge in [-0.2, -0.15) is 8.78 Å². The molecule has 0 unspecified atom stereocenters. The summed E-state index contributed by atoms with van der Waals surface area (Å²) in [7, 11) is 0. The highest BCUT2D eigenvalue weighted by molar-refractivity contribution is 8.26. The summed E-state index contributed by atoms with van der Waals surface area (Å²) in [4.78, 5) is 14.2. The summed E-state index contributed by atoms with van der Waals surface area (Å²) in [6.45, 7) is 0.813. The minimum atomic E-state index is -2.91. The van der Waals surface area contributed by atoms with E-state index in [1.54, 1.807) is 18.2 Å². The molecule has 1 aliphatic rings. The first-order chi connectivity index (χ1) is 9.90. The molecule has 2 rings (SSSR count). The first-order valence-electron chi connectivity index (χ1n) is 6.21. The zero-order valence-electron chi connectivity index (χ0n) is 11.4. The number of benzene rings is 1. The average molecular weight is 329 g/mol. The van der Waals surface area contributed by atoms with Crippen molar-refractivity contribution in [3.8, 4) is 5.75 Å². The lowest BCUT2D eigenvalue weighted by molar-refractivity contribution is -0.123. The van der Waals surface area contributed by atoms with Crippen LogP contribution in [-0.2, 0) is 4.79 Å². The van der Waals surface area contributed by atoms with E-state index in [0.717, 1.165) is 11.8 Å². The van der Waals surface area contributed by atoms with Gasteiger partial charge in [0.05, 0.1) is 4.91 Å². The highest BCUT2D eigenvalue weighted by Crippen LogP contribution is 2.35. The molecule has 0 bridgehead atoms. The predicted octanol–water partition coefficient (Wildman–Crippen LogP) is 3.90. The van der Waals surface area contributed by atoms with Crippen LogP contribution in [0.5, 0.6) is 5.75 Å². The number of rotatable bonds is 4. The summed E-state index contributed by atoms with van der Waals surface area (Å²) >= 11 is 6.32. The fourth-order valence-electron chi connectivity index (χ4n) is 1.87. The molecule has 0 aromatic heterocycles. The Bertz CT molecular complexity index is 602. The van der Waals surface area contributed by atoms with Crippen molar-refractivity contribution in [1.82, 2.24) is 4.90 Å². The zero-order chi connectivity index (χ0) is 15.6. The standard InChI is InChI=1S/C14H13F2NO2S2/c1-8(2)17-12(18)11(21-14(17)20)7-9-5-3-4-6-10(9)19-13(15)16/h3-8,13H,1-2H3. The third-order valence-corrected chi connectivity index (χ3v) is 4.09. The Hall–Kier alpha value is -1.47. The normalized spacial score (nSPS) is 17.4. The van der Waals surface area contributed by atoms with Gasteiger partial charge in [-0.05, 0) is 26.0 Å². The summed E-state index contributed by atoms with van der Waals surface area (Å²) in [6, 6.07) is 6.28. The van der Waals surface area contributed by atoms with Crippen LogP contribution in [-0.4, -0.2) is 27.8 Å². The van der Waals surface area contributed by atoms with Crippen LogP contribution >= 0.6 is 24.0 Å². The van der Waals surface area contributed by atoms with E-state index >= 15 is 0 Å². The van der Waals surface area contributed by atoms with Crippen LogP contribution in [0.15, 0.2) is 29.2 Å². The Kier molecular flexibility index (Phi) is 4.95. The summed E-state index contributed by atoms with van der Waals surface area (Å²) in [5.74, 6) is -0.186. The lowest BCUT2D eigenvalue weighted by Gasteiger charge is -2.18. The van der Waals surface area contributed by atoms with E-state index in [4.69, 9.17) is 12.2 Å². The van der Waals surface area contributed by atoms with E-state index < -0.39 is 6.61 Å². The molecular weight excluding hydrogens is 316 g/mol. The summed E-state index contributed by atoms with van der Waals surface area (Å²) in [5, 5.41) is 0. The van der Waals surface area contributed by atoms with E-state index in [1.165, 1.54) is 17.0 Å². The van der Waals surface area contributed by atoms with Crippen LogP contribution in [0.1, 0.15) is 19.4 Å². The lowest BCUT2D eigenvalue weighted by Crippen LogP contribution is -2.34. The molecule has 0 spiro atoms. The van der Waals surface area contributed by atoms with Crippen molar-refractivity contribution in [1.29, 1.82) is 0 Å². The van der Waals surface area contributed by atoms with Gasteiger partial charge in [0.1, 0.15) is 10.1 Å². The van der Waals surface area contributed by atoms with Crippen molar-refractivity contribution in [2.24, 2.45) is 0 Å². The van der Waals surface area contributed by atoms with Crippen LogP contribution < -0.4 is 4.74 Å². The highest BCUT2D eigenvalue weighted by Gasteiger charge is 2.33. The summed E-state index contributed by atoms with van der Waals surface area (Å²) in [5.41, 5.74) is 0.419. The van der Waals surface area contributed by atoms with Gasteiger partial charge in [0.2, 0.25) is 0 Å². The number of halogens is 2. The number of hydrogen-bond donors (Lipinski definition) is 0. The van der Waals surface area contributed by atoms with Gasteiger partial charge in [0.15, 0.2) is 0 Å². The number of carbonyl (C=O) groups is 1. The molecule has 1 aromatic carbocycles. The third kappa shape index (κ3) is 3.59. The second-order valence-corrected chi connectivity index (χ2v) is 6.24. The van der Waals surface area contributed by atoms with Crippen molar-refractivity contribution in [3.05, 3.63) is 34.7 Å². The van der Waals surface area contributed by atoms with Crippen molar-refractivity contribution in [3.63, 3.8) is 0 Å². The quantitative estimate of drug-likeness (QED) is 0.619. The fraction of sp³-hybridized carbons (Fsp3) is 0.286. The van der Waals surface area contributed by atoms with Gasteiger partial charge in [0.25, 0.3) is 5.91 Å². The van der Waals surface area contributed by atoms with Crippen LogP contribution in [0.3, 0.4) is 0 Å². The van der Waals surface area contributed by atoms with Crippen LogP contribution in [0.25, 0.3) is 6.08 Å². The molecule has 1 amide bonds. The van der Waals surface area contributed by atoms with Crippen LogP contribution in [0.4, 0.5) is 8.78 Å². The molecule has 0 N–H and O–H groups in total. The molecular formula is C14H13F2NO2S2. The maximum atomic E-state index is 12.4. The average Bonchev–Trinajstić information content (AvgIpc) is 2.66. The first kappa shape index (κ1) is 15.9. The topological polar surface area (TPSA) is 29.5 Å². The van der Waals surface area contributed by atoms with E-state index in [-0.39, 0.29) is 17.7 Å². The van der Waals surface area contributed by atoms with E-state index in [1.807, 2.05) is 13.8 Å². The number of carbonyl (C=O) groups excluding carboxylic acids is 1. The molecule has 21 heavy (non-hydrogen) atoms. The molecule has 1 aromatic rings. The van der Waals surface area contributed by atoms with Gasteiger partial charge in [-0.25, -0.2) is 0 Å². The molecule has 1 saturated heterocycles. The largest absolute Gasteiger partial charge is 0.434 e. The number of ether oxygens (including phenoxy) is 1. The van der Waals surface area contributed by atoms with E-state index in [2.05, 4.69) is 4.74 Å². The van der Waals surface area contributed by atoms with Gasteiger partial charge in [0, 0.05) is 11.6 Å². The first-order valence-corrected chi connectivity index (χ1v) is 7.43. The molecule has 7 heteroatoms. The van der Waals surface area contributed by atoms with Gasteiger partial charge < -0.3 is 4.74 Å². The Morgan fingerprint density at radius 2 is 2.00 bits per heavy atom. The summed E-state index contributed by atoms with van der Waals surface area (Å²) in [6.07, 6.45) is 1.53. The second-order valence-electron chi connectivity index (χ2n) is 4.56. The minimum absolute atomic E-state index is 0.0299. The van der Waals surface area contributed by atoms with E-state index in [9.17, 15) is 13.6 Å². The van der Waals surface area contributed by atoms with Crippen molar-refractivity contribution in [2.75, 3.05) is 0 Å². The number of thiocarbonyl (C=S) groups is 1. The molecule has 3 nitrogen and oxygen atoms in total. The Morgan fingerprint density at radius 3 is 2.57 bits per heavy atom. The molecule has 0 radical (unpaired) electrons. The monoisotopic (exact) mass is 329 g/mol. The van der Waals surface area contributed by atoms with Gasteiger partial charge >= 0.3 is 6.61 Å². The Balaban J connectivity index is 2.33. The number of alkyl halides is 2. The van der Waals surface area contributed by atoms with Gasteiger partial charge in [-0.1, -0.05) is 42.2 Å². The molecule has 0 aliphatic carbocycles. The van der Waals surface area contributed by atoms with Crippen molar-refractivity contribution < 1.29 is 18.3 Å². The van der Waals surface area contributed by atoms with Crippen molar-refractivity contribution >= 4 is 40.3 Å². The van der Waals surface area contributed by atoms with Gasteiger partial charge in [-0.15, -0.1) is 0 Å². The minimum Gasteiger partial charge on any atom is -0.434 e. The zero-order valence-corrected chi connectivity index (χ0v) is 13.0. The third-order valence-electron chi connectivity index (χ3n) is 2.76. The molecule has 1 aliphatic heterocycles. The Morgan fingerprint density at radius 1 is 1.33 bits per heavy atom. The fourth-order valence-corrected chi connectivity index (χ4v) is 3.38.